The van der Waals surface area contributed by atoms with Crippen LogP contribution < -0.4 is 15.0 Å². The predicted molar refractivity (Wildman–Crippen MR) is 171 cm³/mol. The summed E-state index contributed by atoms with van der Waals surface area (Å²) in [5.41, 5.74) is 0.265. The van der Waals surface area contributed by atoms with Crippen molar-refractivity contribution in [1.82, 2.24) is 35.2 Å². The molecule has 3 aliphatic rings. The average Bonchev–Trinajstić information content (AvgIpc) is 2.99. The monoisotopic (exact) mass is 624 g/mol. The molecule has 1 aromatic heterocycles. The maximum absolute atomic E-state index is 14.3. The molecule has 1 spiro atoms. The lowest BCUT2D eigenvalue weighted by Crippen LogP contribution is -2.61. The summed E-state index contributed by atoms with van der Waals surface area (Å²) in [6.45, 7) is 13.4. The van der Waals surface area contributed by atoms with Gasteiger partial charge in [0.25, 0.3) is 11.8 Å². The van der Waals surface area contributed by atoms with E-state index < -0.39 is 5.82 Å². The highest BCUT2D eigenvalue weighted by Crippen LogP contribution is 2.45. The fourth-order valence-electron chi connectivity index (χ4n) is 7.10. The van der Waals surface area contributed by atoms with E-state index in [1.807, 2.05) is 20.8 Å². The normalized spacial score (nSPS) is 23.0. The number of benzene rings is 1. The van der Waals surface area contributed by atoms with Gasteiger partial charge in [-0.05, 0) is 103 Å². The van der Waals surface area contributed by atoms with E-state index in [0.717, 1.165) is 71.2 Å². The summed E-state index contributed by atoms with van der Waals surface area (Å²) < 4.78 is 20.4. The maximum atomic E-state index is 14.3. The molecule has 1 aliphatic carbocycles. The van der Waals surface area contributed by atoms with Crippen LogP contribution in [0.5, 0.6) is 11.6 Å². The number of nitrogens with one attached hydrogen (secondary N) is 1. The van der Waals surface area contributed by atoms with Crippen LogP contribution in [0.4, 0.5) is 15.0 Å². The lowest BCUT2D eigenvalue weighted by molar-refractivity contribution is 0.0583. The molecule has 0 unspecified atom stereocenters. The first-order valence-corrected chi connectivity index (χ1v) is 16.3. The van der Waals surface area contributed by atoms with Crippen molar-refractivity contribution >= 4 is 17.8 Å². The Kier molecular flexibility index (Phi) is 9.81. The zero-order valence-corrected chi connectivity index (χ0v) is 27.7. The second-order valence-corrected chi connectivity index (χ2v) is 14.0. The van der Waals surface area contributed by atoms with Gasteiger partial charge >= 0.3 is 6.03 Å². The van der Waals surface area contributed by atoms with Crippen LogP contribution in [-0.4, -0.2) is 107 Å². The van der Waals surface area contributed by atoms with E-state index in [9.17, 15) is 14.0 Å². The minimum atomic E-state index is -0.505. The Morgan fingerprint density at radius 2 is 1.82 bits per heavy atom. The van der Waals surface area contributed by atoms with E-state index >= 15 is 0 Å². The standard InChI is InChI=1S/C33H49FN8O3/c1-7-42(23(2)3)30(43)26-18-25(34)8-9-27(26)45-29-28(35-22-36-38-29)41-20-33(21-41)14-16-40(17-15-33)19-24-10-12-32(4,13-11-24)37-31(44)39(5)6/h8-9,18,22-24H,7,10-17,19-21H2,1-6H3,(H,37,44). The Balaban J connectivity index is 1.15. The molecule has 0 radical (unpaired) electrons. The number of hydrogen-bond donors (Lipinski definition) is 1. The van der Waals surface area contributed by atoms with Gasteiger partial charge in [0, 0.05) is 57.3 Å². The van der Waals surface area contributed by atoms with Gasteiger partial charge in [0.15, 0.2) is 5.82 Å². The van der Waals surface area contributed by atoms with Gasteiger partial charge in [-0.25, -0.2) is 14.2 Å². The number of hydrogen-bond acceptors (Lipinski definition) is 8. The number of amides is 3. The van der Waals surface area contributed by atoms with Crippen molar-refractivity contribution in [2.75, 3.05) is 58.3 Å². The lowest BCUT2D eigenvalue weighted by atomic mass is 9.71. The van der Waals surface area contributed by atoms with Gasteiger partial charge in [0.05, 0.1) is 5.56 Å². The van der Waals surface area contributed by atoms with Gasteiger partial charge in [-0.15, -0.1) is 10.2 Å². The maximum Gasteiger partial charge on any atom is 0.317 e. The molecule has 1 aromatic carbocycles. The molecule has 45 heavy (non-hydrogen) atoms. The summed E-state index contributed by atoms with van der Waals surface area (Å²) in [6.07, 6.45) is 7.97. The summed E-state index contributed by atoms with van der Waals surface area (Å²) in [4.78, 5) is 38.0. The van der Waals surface area contributed by atoms with Crippen molar-refractivity contribution in [1.29, 1.82) is 0 Å². The van der Waals surface area contributed by atoms with Gasteiger partial charge in [-0.1, -0.05) is 0 Å². The first-order chi connectivity index (χ1) is 21.4. The molecule has 11 nitrogen and oxygen atoms in total. The van der Waals surface area contributed by atoms with Gasteiger partial charge in [0.1, 0.15) is 17.9 Å². The van der Waals surface area contributed by atoms with E-state index in [-0.39, 0.29) is 46.1 Å². The molecule has 0 bridgehead atoms. The van der Waals surface area contributed by atoms with Crippen LogP contribution in [0.3, 0.4) is 0 Å². The third-order valence-corrected chi connectivity index (χ3v) is 9.98. The minimum Gasteiger partial charge on any atom is -0.434 e. The third kappa shape index (κ3) is 7.48. The van der Waals surface area contributed by atoms with Crippen LogP contribution in [0.25, 0.3) is 0 Å². The molecule has 2 aliphatic heterocycles. The van der Waals surface area contributed by atoms with Crippen molar-refractivity contribution in [3.8, 4) is 11.6 Å². The number of aromatic nitrogens is 3. The van der Waals surface area contributed by atoms with Crippen LogP contribution in [-0.2, 0) is 0 Å². The zero-order valence-electron chi connectivity index (χ0n) is 27.7. The fourth-order valence-corrected chi connectivity index (χ4v) is 7.10. The molecule has 1 saturated carbocycles. The number of likely N-dealkylation sites (tertiary alicyclic amines) is 1. The van der Waals surface area contributed by atoms with E-state index in [0.29, 0.717) is 18.3 Å². The zero-order chi connectivity index (χ0) is 32.4. The highest BCUT2D eigenvalue weighted by molar-refractivity contribution is 5.97. The molecular formula is C33H49FN8O3. The van der Waals surface area contributed by atoms with Crippen LogP contribution in [0.2, 0.25) is 0 Å². The first kappa shape index (κ1) is 32.8. The molecule has 0 atom stereocenters. The number of nitrogens with zero attached hydrogens (tertiary/aromatic N) is 7. The Morgan fingerprint density at radius 3 is 2.44 bits per heavy atom. The second kappa shape index (κ2) is 13.4. The van der Waals surface area contributed by atoms with Crippen molar-refractivity contribution in [2.24, 2.45) is 11.3 Å². The van der Waals surface area contributed by atoms with Crippen molar-refractivity contribution < 1.29 is 18.7 Å². The quantitative estimate of drug-likeness (QED) is 0.424. The molecule has 1 N–H and O–H groups in total. The van der Waals surface area contributed by atoms with Gasteiger partial charge in [-0.3, -0.25) is 4.79 Å². The molecule has 2 aromatic rings. The van der Waals surface area contributed by atoms with Crippen molar-refractivity contribution in [3.05, 3.63) is 35.9 Å². The second-order valence-electron chi connectivity index (χ2n) is 14.0. The number of anilines is 1. The number of halogens is 1. The smallest absolute Gasteiger partial charge is 0.317 e. The minimum absolute atomic E-state index is 0.0106. The molecule has 12 heteroatoms. The summed E-state index contributed by atoms with van der Waals surface area (Å²) in [5, 5.41) is 11.4. The van der Waals surface area contributed by atoms with E-state index in [4.69, 9.17) is 4.74 Å². The number of rotatable bonds is 9. The SMILES string of the molecule is CCN(C(=O)c1cc(F)ccc1Oc1nncnc1N1CC2(CCN(CC3CCC(C)(NC(=O)N(C)C)CC3)CC2)C1)C(C)C. The summed E-state index contributed by atoms with van der Waals surface area (Å²) >= 11 is 0. The van der Waals surface area contributed by atoms with E-state index in [1.54, 1.807) is 23.9 Å². The van der Waals surface area contributed by atoms with Gasteiger partial charge in [-0.2, -0.15) is 0 Å². The molecule has 3 heterocycles. The van der Waals surface area contributed by atoms with Crippen molar-refractivity contribution in [3.63, 3.8) is 0 Å². The molecule has 3 amide bonds. The average molecular weight is 625 g/mol. The predicted octanol–water partition coefficient (Wildman–Crippen LogP) is 4.80. The molecule has 2 saturated heterocycles. The molecular weight excluding hydrogens is 575 g/mol. The van der Waals surface area contributed by atoms with Crippen LogP contribution in [0.15, 0.2) is 24.5 Å². The lowest BCUT2D eigenvalue weighted by Gasteiger charge is -2.54. The highest BCUT2D eigenvalue weighted by Gasteiger charge is 2.46. The van der Waals surface area contributed by atoms with E-state index in [2.05, 4.69) is 37.2 Å². The van der Waals surface area contributed by atoms with Crippen LogP contribution in [0.1, 0.15) is 76.6 Å². The third-order valence-electron chi connectivity index (χ3n) is 9.98. The highest BCUT2D eigenvalue weighted by atomic mass is 19.1. The van der Waals surface area contributed by atoms with Crippen LogP contribution >= 0.6 is 0 Å². The van der Waals surface area contributed by atoms with Gasteiger partial charge in [0.2, 0.25) is 0 Å². The number of carbonyl (C=O) groups is 2. The summed E-state index contributed by atoms with van der Waals surface area (Å²) in [5.74, 6) is 0.896. The first-order valence-electron chi connectivity index (χ1n) is 16.3. The number of urea groups is 1. The Bertz CT molecular complexity index is 1350. The molecule has 5 rings (SSSR count). The number of carbonyl (C=O) groups excluding carboxylic acids is 2. The fraction of sp³-hybridized carbons (Fsp3) is 0.667. The van der Waals surface area contributed by atoms with E-state index in [1.165, 1.54) is 24.5 Å². The number of ether oxygens (including phenoxy) is 1. The molecule has 3 fully saturated rings. The van der Waals surface area contributed by atoms with Crippen molar-refractivity contribution in [2.45, 2.75) is 77.8 Å². The summed E-state index contributed by atoms with van der Waals surface area (Å²) in [7, 11) is 3.57. The molecule has 246 valence electrons. The topological polar surface area (TPSA) is 107 Å². The van der Waals surface area contributed by atoms with Crippen LogP contribution in [0, 0.1) is 17.2 Å². The summed E-state index contributed by atoms with van der Waals surface area (Å²) in [6, 6.07) is 3.91. The largest absolute Gasteiger partial charge is 0.434 e. The Labute approximate surface area is 266 Å². The van der Waals surface area contributed by atoms with Gasteiger partial charge < -0.3 is 29.7 Å². The Hall–Kier alpha value is -3.54. The Morgan fingerprint density at radius 1 is 1.13 bits per heavy atom. The number of piperidine rings is 1.